The zero-order valence-electron chi connectivity index (χ0n) is 10.9. The minimum absolute atomic E-state index is 0.171. The summed E-state index contributed by atoms with van der Waals surface area (Å²) in [6, 6.07) is 0. The normalized spacial score (nSPS) is 10.1. The monoisotopic (exact) mass is 262 g/mol. The highest BCUT2D eigenvalue weighted by atomic mass is 17.2. The predicted octanol–water partition coefficient (Wildman–Crippen LogP) is 2.62. The van der Waals surface area contributed by atoms with Crippen LogP contribution in [0.4, 0.5) is 0 Å². The van der Waals surface area contributed by atoms with Crippen LogP contribution in [0.1, 0.15) is 58.3 Å². The first kappa shape index (κ1) is 16.9. The molecule has 0 aliphatic rings. The molecule has 1 N–H and O–H groups in total. The number of carbonyl (C=O) groups is 2. The summed E-state index contributed by atoms with van der Waals surface area (Å²) in [5.41, 5.74) is 0. The van der Waals surface area contributed by atoms with Gasteiger partial charge in [-0.15, -0.1) is 0 Å². The smallest absolute Gasteiger partial charge is 0.301 e. The second-order valence-corrected chi connectivity index (χ2v) is 4.01. The van der Waals surface area contributed by atoms with Crippen molar-refractivity contribution in [3.8, 4) is 0 Å². The van der Waals surface area contributed by atoms with E-state index >= 15 is 0 Å². The van der Waals surface area contributed by atoms with Gasteiger partial charge in [-0.3, -0.25) is 4.89 Å². The highest BCUT2D eigenvalue weighted by Crippen LogP contribution is 2.05. The summed E-state index contributed by atoms with van der Waals surface area (Å²) in [5.74, 6) is -1.52. The maximum atomic E-state index is 11.0. The lowest BCUT2D eigenvalue weighted by atomic mass is 10.1. The molecule has 0 aromatic rings. The maximum Gasteiger partial charge on any atom is 0.342 e. The van der Waals surface area contributed by atoms with Crippen LogP contribution in [0.25, 0.3) is 0 Å². The van der Waals surface area contributed by atoms with Gasteiger partial charge in [-0.1, -0.05) is 39.0 Å². The van der Waals surface area contributed by atoms with Gasteiger partial charge in [0.05, 0.1) is 19.4 Å². The highest BCUT2D eigenvalue weighted by molar-refractivity contribution is 5.76. The summed E-state index contributed by atoms with van der Waals surface area (Å²) in [6.07, 6.45) is 6.34. The summed E-state index contributed by atoms with van der Waals surface area (Å²) in [7, 11) is 0. The van der Waals surface area contributed by atoms with Gasteiger partial charge < -0.3 is 4.89 Å². The minimum atomic E-state index is -0.872. The van der Waals surface area contributed by atoms with Gasteiger partial charge in [0.15, 0.2) is 0 Å². The third-order valence-electron chi connectivity index (χ3n) is 2.37. The fraction of sp³-hybridized carbons (Fsp3) is 0.833. The predicted molar refractivity (Wildman–Crippen MR) is 63.4 cm³/mol. The molecule has 6 heteroatoms. The molecule has 0 aliphatic heterocycles. The van der Waals surface area contributed by atoms with Gasteiger partial charge >= 0.3 is 11.9 Å². The van der Waals surface area contributed by atoms with E-state index in [9.17, 15) is 9.59 Å². The highest BCUT2D eigenvalue weighted by Gasteiger charge is 2.09. The van der Waals surface area contributed by atoms with Crippen LogP contribution in [-0.4, -0.2) is 23.8 Å². The molecule has 0 amide bonds. The fourth-order valence-electron chi connectivity index (χ4n) is 1.34. The molecule has 6 nitrogen and oxygen atoms in total. The summed E-state index contributed by atoms with van der Waals surface area (Å²) in [5, 5.41) is 7.95. The lowest BCUT2D eigenvalue weighted by Gasteiger charge is -2.03. The lowest BCUT2D eigenvalue weighted by molar-refractivity contribution is -0.273. The molecule has 0 spiro atoms. The van der Waals surface area contributed by atoms with Crippen LogP contribution in [0.15, 0.2) is 0 Å². The number of carbonyl (C=O) groups excluding carboxylic acids is 2. The Labute approximate surface area is 107 Å². The number of rotatable bonds is 11. The van der Waals surface area contributed by atoms with E-state index in [0.29, 0.717) is 6.61 Å². The molecule has 0 fully saturated rings. The van der Waals surface area contributed by atoms with Crippen molar-refractivity contribution in [2.45, 2.75) is 58.3 Å². The molecule has 0 unspecified atom stereocenters. The standard InChI is InChI=1S/C12H22O6/c1-2-3-4-5-6-7-10-16-18-12(14)9-8-11(13)17-15/h15H,2-10H2,1H3. The third kappa shape index (κ3) is 11.3. The number of hydrogen-bond donors (Lipinski definition) is 1. The van der Waals surface area contributed by atoms with Crippen LogP contribution in [0.3, 0.4) is 0 Å². The third-order valence-corrected chi connectivity index (χ3v) is 2.37. The summed E-state index contributed by atoms with van der Waals surface area (Å²) in [4.78, 5) is 34.0. The molecule has 0 atom stereocenters. The zero-order chi connectivity index (χ0) is 13.6. The van der Waals surface area contributed by atoms with Gasteiger partial charge in [-0.05, 0) is 6.42 Å². The van der Waals surface area contributed by atoms with Gasteiger partial charge in [0.25, 0.3) is 0 Å². The van der Waals surface area contributed by atoms with Crippen molar-refractivity contribution in [3.63, 3.8) is 0 Å². The molecule has 18 heavy (non-hydrogen) atoms. The van der Waals surface area contributed by atoms with E-state index in [4.69, 9.17) is 10.1 Å². The quantitative estimate of drug-likeness (QED) is 0.350. The lowest BCUT2D eigenvalue weighted by Crippen LogP contribution is -2.10. The summed E-state index contributed by atoms with van der Waals surface area (Å²) < 4.78 is 0. The van der Waals surface area contributed by atoms with Crippen molar-refractivity contribution < 1.29 is 29.5 Å². The van der Waals surface area contributed by atoms with Gasteiger partial charge in [0.2, 0.25) is 0 Å². The molecule has 0 radical (unpaired) electrons. The molecule has 0 aliphatic carbocycles. The van der Waals surface area contributed by atoms with Gasteiger partial charge in [-0.25, -0.2) is 9.59 Å². The molecular weight excluding hydrogens is 240 g/mol. The van der Waals surface area contributed by atoms with Gasteiger partial charge in [-0.2, -0.15) is 10.1 Å². The van der Waals surface area contributed by atoms with Crippen molar-refractivity contribution in [1.82, 2.24) is 0 Å². The first-order valence-electron chi connectivity index (χ1n) is 6.37. The molecule has 0 aromatic carbocycles. The Bertz CT molecular complexity index is 229. The average molecular weight is 262 g/mol. The van der Waals surface area contributed by atoms with E-state index in [1.54, 1.807) is 0 Å². The second-order valence-electron chi connectivity index (χ2n) is 4.01. The Morgan fingerprint density at radius 1 is 0.944 bits per heavy atom. The van der Waals surface area contributed by atoms with Crippen molar-refractivity contribution >= 4 is 11.9 Å². The molecule has 0 heterocycles. The van der Waals surface area contributed by atoms with Crippen LogP contribution in [0, 0.1) is 0 Å². The van der Waals surface area contributed by atoms with Crippen molar-refractivity contribution in [3.05, 3.63) is 0 Å². The Kier molecular flexibility index (Phi) is 11.5. The summed E-state index contributed by atoms with van der Waals surface area (Å²) in [6.45, 7) is 2.53. The van der Waals surface area contributed by atoms with E-state index < -0.39 is 11.9 Å². The van der Waals surface area contributed by atoms with E-state index in [2.05, 4.69) is 16.7 Å². The molecule has 0 bridgehead atoms. The first-order chi connectivity index (χ1) is 8.70. The van der Waals surface area contributed by atoms with Crippen LogP contribution in [-0.2, 0) is 24.3 Å². The van der Waals surface area contributed by atoms with Gasteiger partial charge in [0.1, 0.15) is 0 Å². The molecule has 0 saturated carbocycles. The van der Waals surface area contributed by atoms with E-state index in [1.807, 2.05) is 0 Å². The first-order valence-corrected chi connectivity index (χ1v) is 6.37. The SMILES string of the molecule is CCCCCCCCOOC(=O)CCC(=O)OO. The largest absolute Gasteiger partial charge is 0.342 e. The zero-order valence-corrected chi connectivity index (χ0v) is 10.9. The molecule has 0 aromatic heterocycles. The number of hydrogen-bond acceptors (Lipinski definition) is 6. The topological polar surface area (TPSA) is 82.1 Å². The minimum Gasteiger partial charge on any atom is -0.301 e. The molecular formula is C12H22O6. The fourth-order valence-corrected chi connectivity index (χ4v) is 1.34. The van der Waals surface area contributed by atoms with Crippen LogP contribution in [0.5, 0.6) is 0 Å². The summed E-state index contributed by atoms with van der Waals surface area (Å²) >= 11 is 0. The Morgan fingerprint density at radius 3 is 2.22 bits per heavy atom. The van der Waals surface area contributed by atoms with Gasteiger partial charge in [0, 0.05) is 0 Å². The van der Waals surface area contributed by atoms with Crippen molar-refractivity contribution in [2.75, 3.05) is 6.61 Å². The molecule has 106 valence electrons. The average Bonchev–Trinajstić information content (AvgIpc) is 2.39. The van der Waals surface area contributed by atoms with E-state index in [0.717, 1.165) is 19.3 Å². The van der Waals surface area contributed by atoms with Crippen LogP contribution >= 0.6 is 0 Å². The second kappa shape index (κ2) is 12.3. The van der Waals surface area contributed by atoms with E-state index in [1.165, 1.54) is 19.3 Å². The van der Waals surface area contributed by atoms with Crippen molar-refractivity contribution in [1.29, 1.82) is 0 Å². The van der Waals surface area contributed by atoms with Crippen LogP contribution < -0.4 is 0 Å². The van der Waals surface area contributed by atoms with E-state index in [-0.39, 0.29) is 12.8 Å². The number of unbranched alkanes of at least 4 members (excludes halogenated alkanes) is 5. The Hall–Kier alpha value is -1.14. The molecule has 0 saturated heterocycles. The van der Waals surface area contributed by atoms with Crippen LogP contribution in [0.2, 0.25) is 0 Å². The Balaban J connectivity index is 3.22. The molecule has 0 rings (SSSR count). The Morgan fingerprint density at radius 2 is 1.56 bits per heavy atom. The van der Waals surface area contributed by atoms with Crippen molar-refractivity contribution in [2.24, 2.45) is 0 Å². The maximum absolute atomic E-state index is 11.0.